The number of thiophene rings is 1. The third kappa shape index (κ3) is 28.1. The first-order valence-corrected chi connectivity index (χ1v) is 24.2. The van der Waals surface area contributed by atoms with E-state index in [1.54, 1.807) is 49.4 Å². The van der Waals surface area contributed by atoms with Crippen LogP contribution < -0.4 is 4.83 Å². The molecule has 2 heterocycles. The zero-order valence-electron chi connectivity index (χ0n) is 38.9. The summed E-state index contributed by atoms with van der Waals surface area (Å²) in [7, 11) is -2.75. The van der Waals surface area contributed by atoms with E-state index in [1.165, 1.54) is 30.2 Å². The molecule has 1 saturated heterocycles. The van der Waals surface area contributed by atoms with Crippen LogP contribution in [0.15, 0.2) is 100 Å². The van der Waals surface area contributed by atoms with Crippen molar-refractivity contribution < 1.29 is 28.1 Å². The van der Waals surface area contributed by atoms with E-state index in [4.69, 9.17) is 14.9 Å². The van der Waals surface area contributed by atoms with Gasteiger partial charge in [0.15, 0.2) is 23.1 Å². The van der Waals surface area contributed by atoms with Crippen LogP contribution in [0.4, 0.5) is 0 Å². The number of benzene rings is 2. The fourth-order valence-electron chi connectivity index (χ4n) is 5.01. The molecular weight excluding hydrogens is 823 g/mol. The highest BCUT2D eigenvalue weighted by atomic mass is 32.2. The van der Waals surface area contributed by atoms with E-state index in [0.717, 1.165) is 59.2 Å². The Balaban J connectivity index is 0. The van der Waals surface area contributed by atoms with E-state index in [9.17, 15) is 18.6 Å². The lowest BCUT2D eigenvalue weighted by atomic mass is 10.1. The van der Waals surface area contributed by atoms with Crippen LogP contribution in [0, 0.1) is 18.3 Å². The molecular formula is C49H75N3O6S3. The number of thiol groups is 1. The second-order valence-electron chi connectivity index (χ2n) is 13.8. The van der Waals surface area contributed by atoms with Gasteiger partial charge in [0.1, 0.15) is 5.78 Å². The van der Waals surface area contributed by atoms with E-state index in [1.807, 2.05) is 65.8 Å². The molecule has 2 aliphatic rings. The summed E-state index contributed by atoms with van der Waals surface area (Å²) >= 11 is 5.72. The molecule has 2 fully saturated rings. The van der Waals surface area contributed by atoms with Crippen molar-refractivity contribution in [3.63, 3.8) is 0 Å². The number of hydrogen-bond acceptors (Lipinski definition) is 10. The van der Waals surface area contributed by atoms with Gasteiger partial charge in [-0.1, -0.05) is 85.4 Å². The van der Waals surface area contributed by atoms with Gasteiger partial charge in [-0.2, -0.15) is 5.10 Å². The van der Waals surface area contributed by atoms with Gasteiger partial charge >= 0.3 is 0 Å². The van der Waals surface area contributed by atoms with Gasteiger partial charge < -0.3 is 19.7 Å². The van der Waals surface area contributed by atoms with Crippen molar-refractivity contribution in [3.05, 3.63) is 106 Å². The van der Waals surface area contributed by atoms with Crippen LogP contribution in [0.1, 0.15) is 151 Å². The lowest BCUT2D eigenvalue weighted by Gasteiger charge is -2.10. The van der Waals surface area contributed by atoms with Crippen LogP contribution in [0.3, 0.4) is 0 Å². The molecule has 0 bridgehead atoms. The molecule has 3 aromatic rings. The number of ketones is 3. The van der Waals surface area contributed by atoms with Gasteiger partial charge in [0.05, 0.1) is 32.7 Å². The topological polar surface area (TPSA) is 135 Å². The van der Waals surface area contributed by atoms with Gasteiger partial charge in [-0.25, -0.2) is 9.04 Å². The van der Waals surface area contributed by atoms with Crippen LogP contribution in [-0.4, -0.2) is 52.1 Å². The fourth-order valence-corrected chi connectivity index (χ4v) is 6.90. The molecule has 0 amide bonds. The largest absolute Gasteiger partial charge is 0.490 e. The minimum atomic E-state index is -2.75. The van der Waals surface area contributed by atoms with Gasteiger partial charge in [-0.15, -0.1) is 24.0 Å². The number of rotatable bonds is 11. The Bertz CT molecular complexity index is 1880. The number of hydrazone groups is 1. The number of carbonyl (C=O) groups excluding carboxylic acids is 3. The molecule has 0 radical (unpaired) electrons. The molecule has 0 spiro atoms. The Morgan fingerprint density at radius 1 is 0.869 bits per heavy atom. The van der Waals surface area contributed by atoms with Crippen LogP contribution in [0.25, 0.3) is 0 Å². The highest BCUT2D eigenvalue weighted by Crippen LogP contribution is 2.24. The summed E-state index contributed by atoms with van der Waals surface area (Å²) in [6.45, 7) is 29.4. The van der Waals surface area contributed by atoms with Crippen molar-refractivity contribution in [1.82, 2.24) is 4.83 Å². The minimum absolute atomic E-state index is 0.0468. The maximum atomic E-state index is 12.5. The second kappa shape index (κ2) is 34.3. The van der Waals surface area contributed by atoms with E-state index >= 15 is 0 Å². The monoisotopic (exact) mass is 897 g/mol. The number of nitrogens with one attached hydrogen (secondary N) is 2. The predicted octanol–water partition coefficient (Wildman–Crippen LogP) is 13.1. The van der Waals surface area contributed by atoms with E-state index < -0.39 is 9.71 Å². The lowest BCUT2D eigenvalue weighted by Crippen LogP contribution is -2.19. The quantitative estimate of drug-likeness (QED) is 0.0577. The van der Waals surface area contributed by atoms with Crippen molar-refractivity contribution >= 4 is 68.3 Å². The third-order valence-electron chi connectivity index (χ3n) is 8.64. The van der Waals surface area contributed by atoms with Crippen LogP contribution >= 0.6 is 24.0 Å². The summed E-state index contributed by atoms with van der Waals surface area (Å²) in [5, 5.41) is 11.4. The third-order valence-corrected chi connectivity index (χ3v) is 11.5. The number of hydrogen-bond donors (Lipinski definition) is 3. The average molecular weight is 898 g/mol. The van der Waals surface area contributed by atoms with Crippen molar-refractivity contribution in [2.45, 2.75) is 144 Å². The molecule has 61 heavy (non-hydrogen) atoms. The summed E-state index contributed by atoms with van der Waals surface area (Å²) in [5.74, 6) is 5.90. The lowest BCUT2D eigenvalue weighted by molar-refractivity contribution is -0.117. The van der Waals surface area contributed by atoms with Crippen molar-refractivity contribution in [1.29, 1.82) is 5.41 Å². The predicted molar refractivity (Wildman–Crippen MR) is 266 cm³/mol. The van der Waals surface area contributed by atoms with Gasteiger partial charge in [0.2, 0.25) is 0 Å². The Labute approximate surface area is 379 Å². The number of ether oxygens (including phenoxy) is 2. The standard InChI is InChI=1S/C16H22N2O3S.C8H10S.C7H13N.C7H10O2.C7H8OS.2C2H6/c1-12(6-5-7-13(2)19)17-18-22(4,21)16-10-8-15(9-11-16)14(3)20;1-2-7-3-5-8(9)6-4-7;1-2-6-3-4-7(8)5-6;1-6-7(2)9-5-3-4-8-6;1-5-3-4-7(9-5)6(2)8;2*1-2/h8-11H,4-7H2,1-3H3,(H,18,21);3-6,9H,2H2,1H3;6,8H,2-5H2,1H3;1-5H2;3-4H,1-2H3;2*1-2H3/b17-12+;;;;;;. The van der Waals surface area contributed by atoms with Crippen LogP contribution in [-0.2, 0) is 30.4 Å². The molecule has 1 aliphatic carbocycles. The van der Waals surface area contributed by atoms with Crippen molar-refractivity contribution in [2.75, 3.05) is 13.2 Å². The zero-order chi connectivity index (χ0) is 47.0. The molecule has 9 nitrogen and oxygen atoms in total. The first kappa shape index (κ1) is 58.8. The molecule has 2 aromatic carbocycles. The molecule has 2 N–H and O–H groups in total. The van der Waals surface area contributed by atoms with E-state index in [-0.39, 0.29) is 17.3 Å². The Kier molecular flexibility index (Phi) is 33.1. The molecule has 12 heteroatoms. The van der Waals surface area contributed by atoms with Crippen LogP contribution in [0.5, 0.6) is 0 Å². The van der Waals surface area contributed by atoms with Gasteiger partial charge in [0.25, 0.3) is 0 Å². The van der Waals surface area contributed by atoms with E-state index in [0.29, 0.717) is 48.0 Å². The van der Waals surface area contributed by atoms with Crippen molar-refractivity contribution in [3.8, 4) is 0 Å². The fraction of sp³-hybridized carbons (Fsp3) is 0.469. The number of Topliss-reactive ketones (excluding diaryl/α,β-unsaturated/α-hetero) is 3. The number of aryl methyl sites for hydroxylation is 2. The Morgan fingerprint density at radius 2 is 1.43 bits per heavy atom. The number of nitrogens with zero attached hydrogens (tertiary/aromatic N) is 1. The molecule has 1 saturated carbocycles. The SMILES string of the molecule is C=C1OCCCOC1=C.C=S(=O)(N/N=C(\C)CCCC(C)=O)c1ccc(C(C)=O)cc1.CC.CC.CC(=O)c1ccc(C)s1.CCC1CCC(=N)C1.CCc1ccc(S)cc1. The average Bonchev–Trinajstić information content (AvgIpc) is 3.85. The van der Waals surface area contributed by atoms with E-state index in [2.05, 4.69) is 67.6 Å². The normalized spacial score (nSPS) is 14.9. The maximum Gasteiger partial charge on any atom is 0.169 e. The highest BCUT2D eigenvalue weighted by Gasteiger charge is 2.16. The maximum absolute atomic E-state index is 12.5. The minimum Gasteiger partial charge on any atom is -0.490 e. The van der Waals surface area contributed by atoms with Gasteiger partial charge in [-0.3, -0.25) is 9.59 Å². The summed E-state index contributed by atoms with van der Waals surface area (Å²) in [6.07, 6.45) is 8.60. The molecule has 2 atom stereocenters. The summed E-state index contributed by atoms with van der Waals surface area (Å²) in [4.78, 5) is 38.9. The molecule has 1 aliphatic heterocycles. The smallest absolute Gasteiger partial charge is 0.169 e. The van der Waals surface area contributed by atoms with Gasteiger partial charge in [0, 0.05) is 39.6 Å². The summed E-state index contributed by atoms with van der Waals surface area (Å²) in [6, 6.07) is 18.5. The van der Waals surface area contributed by atoms with Gasteiger partial charge in [-0.05, 0) is 127 Å². The van der Waals surface area contributed by atoms with Crippen molar-refractivity contribution in [2.24, 2.45) is 11.0 Å². The second-order valence-corrected chi connectivity index (χ2v) is 17.6. The Hall–Kier alpha value is -4.26. The number of carbonyl (C=O) groups is 3. The summed E-state index contributed by atoms with van der Waals surface area (Å²) in [5.41, 5.74) is 3.66. The molecule has 2 unspecified atom stereocenters. The summed E-state index contributed by atoms with van der Waals surface area (Å²) < 4.78 is 22.7. The first-order valence-electron chi connectivity index (χ1n) is 21.2. The zero-order valence-corrected chi connectivity index (χ0v) is 41.4. The van der Waals surface area contributed by atoms with Crippen LogP contribution in [0.2, 0.25) is 0 Å². The Morgan fingerprint density at radius 3 is 1.80 bits per heavy atom. The molecule has 340 valence electrons. The first-order chi connectivity index (χ1) is 28.9. The molecule has 5 rings (SSSR count). The molecule has 1 aromatic heterocycles. The highest BCUT2D eigenvalue weighted by molar-refractivity contribution is 7.98.